The van der Waals surface area contributed by atoms with Crippen molar-refractivity contribution in [2.24, 2.45) is 5.41 Å². The van der Waals surface area contributed by atoms with Crippen molar-refractivity contribution >= 4 is 0 Å². The quantitative estimate of drug-likeness (QED) is 0.403. The first kappa shape index (κ1) is 12.4. The summed E-state index contributed by atoms with van der Waals surface area (Å²) in [6.07, 6.45) is 0.809. The van der Waals surface area contributed by atoms with Crippen LogP contribution in [0.1, 0.15) is 20.3 Å². The van der Waals surface area contributed by atoms with Gasteiger partial charge < -0.3 is 15.5 Å². The Morgan fingerprint density at radius 2 is 1.92 bits per heavy atom. The van der Waals surface area contributed by atoms with Gasteiger partial charge in [-0.15, -0.1) is 11.8 Å². The Labute approximate surface area is 80.2 Å². The normalized spacial score (nSPS) is 10.8. The molecule has 0 rings (SSSR count). The minimum atomic E-state index is -0.417. The van der Waals surface area contributed by atoms with Crippen LogP contribution in [0.15, 0.2) is 0 Å². The van der Waals surface area contributed by atoms with Crippen molar-refractivity contribution in [2.45, 2.75) is 20.3 Å². The van der Waals surface area contributed by atoms with Crippen molar-refractivity contribution in [2.75, 3.05) is 26.3 Å². The molecule has 0 aliphatic carbocycles. The second-order valence-corrected chi connectivity index (χ2v) is 3.48. The maximum atomic E-state index is 8.96. The molecule has 3 heteroatoms. The molecule has 0 aliphatic rings. The fourth-order valence-corrected chi connectivity index (χ4v) is 0.828. The SMILES string of the molecule is CC#CCCNCC(C)(CO)CO. The third-order valence-electron chi connectivity index (χ3n) is 1.92. The van der Waals surface area contributed by atoms with Crippen molar-refractivity contribution in [1.82, 2.24) is 5.32 Å². The fourth-order valence-electron chi connectivity index (χ4n) is 0.828. The predicted molar refractivity (Wildman–Crippen MR) is 53.2 cm³/mol. The highest BCUT2D eigenvalue weighted by Crippen LogP contribution is 2.11. The summed E-state index contributed by atoms with van der Waals surface area (Å²) in [6, 6.07) is 0. The molecule has 0 atom stereocenters. The maximum Gasteiger partial charge on any atom is 0.0518 e. The van der Waals surface area contributed by atoms with Crippen LogP contribution >= 0.6 is 0 Å². The molecule has 0 heterocycles. The topological polar surface area (TPSA) is 52.5 Å². The van der Waals surface area contributed by atoms with Crippen LogP contribution in [-0.2, 0) is 0 Å². The lowest BCUT2D eigenvalue weighted by molar-refractivity contribution is 0.0701. The van der Waals surface area contributed by atoms with Crippen molar-refractivity contribution < 1.29 is 10.2 Å². The molecule has 0 saturated heterocycles. The highest BCUT2D eigenvalue weighted by atomic mass is 16.3. The first-order valence-corrected chi connectivity index (χ1v) is 4.50. The highest BCUT2D eigenvalue weighted by Gasteiger charge is 2.21. The third-order valence-corrected chi connectivity index (χ3v) is 1.92. The fraction of sp³-hybridized carbons (Fsp3) is 0.800. The molecular formula is C10H19NO2. The van der Waals surface area contributed by atoms with Gasteiger partial charge in [-0.25, -0.2) is 0 Å². The minimum Gasteiger partial charge on any atom is -0.396 e. The Kier molecular flexibility index (Phi) is 6.61. The lowest BCUT2D eigenvalue weighted by Crippen LogP contribution is -2.38. The molecule has 0 aliphatic heterocycles. The lowest BCUT2D eigenvalue weighted by atomic mass is 9.93. The van der Waals surface area contributed by atoms with Crippen LogP contribution in [0.25, 0.3) is 0 Å². The summed E-state index contributed by atoms with van der Waals surface area (Å²) in [5.74, 6) is 5.74. The molecule has 0 aromatic rings. The van der Waals surface area contributed by atoms with Crippen LogP contribution in [0.5, 0.6) is 0 Å². The van der Waals surface area contributed by atoms with E-state index in [1.165, 1.54) is 0 Å². The van der Waals surface area contributed by atoms with Crippen LogP contribution < -0.4 is 5.32 Å². The number of aliphatic hydroxyl groups excluding tert-OH is 2. The average Bonchev–Trinajstić information content (AvgIpc) is 2.17. The summed E-state index contributed by atoms with van der Waals surface area (Å²) in [6.45, 7) is 5.06. The van der Waals surface area contributed by atoms with Gasteiger partial charge in [0, 0.05) is 24.9 Å². The zero-order valence-corrected chi connectivity index (χ0v) is 8.43. The van der Waals surface area contributed by atoms with Gasteiger partial charge in [-0.05, 0) is 6.92 Å². The average molecular weight is 185 g/mol. The Hall–Kier alpha value is -0.560. The molecule has 0 fully saturated rings. The zero-order valence-electron chi connectivity index (χ0n) is 8.43. The van der Waals surface area contributed by atoms with E-state index in [1.54, 1.807) is 0 Å². The minimum absolute atomic E-state index is 0.00401. The second kappa shape index (κ2) is 6.90. The van der Waals surface area contributed by atoms with E-state index >= 15 is 0 Å². The van der Waals surface area contributed by atoms with Crippen LogP contribution in [0.2, 0.25) is 0 Å². The predicted octanol–water partition coefficient (Wildman–Crippen LogP) is -0.0197. The molecule has 0 saturated carbocycles. The first-order valence-electron chi connectivity index (χ1n) is 4.50. The smallest absolute Gasteiger partial charge is 0.0518 e. The number of aliphatic hydroxyl groups is 2. The molecule has 13 heavy (non-hydrogen) atoms. The largest absolute Gasteiger partial charge is 0.396 e. The lowest BCUT2D eigenvalue weighted by Gasteiger charge is -2.24. The molecule has 0 bridgehead atoms. The van der Waals surface area contributed by atoms with E-state index in [9.17, 15) is 0 Å². The molecule has 3 N–H and O–H groups in total. The van der Waals surface area contributed by atoms with Crippen LogP contribution in [0, 0.1) is 17.3 Å². The molecule has 0 amide bonds. The Morgan fingerprint density at radius 1 is 1.31 bits per heavy atom. The molecule has 0 unspecified atom stereocenters. The second-order valence-electron chi connectivity index (χ2n) is 3.48. The number of rotatable bonds is 6. The van der Waals surface area contributed by atoms with Crippen LogP contribution in [-0.4, -0.2) is 36.5 Å². The number of nitrogens with one attached hydrogen (secondary N) is 1. The standard InChI is InChI=1S/C10H19NO2/c1-3-4-5-6-11-7-10(2,8-12)9-13/h11-13H,5-9H2,1-2H3. The molecule has 3 nitrogen and oxygen atoms in total. The van der Waals surface area contributed by atoms with Gasteiger partial charge in [0.2, 0.25) is 0 Å². The summed E-state index contributed by atoms with van der Waals surface area (Å²) in [5.41, 5.74) is -0.417. The molecule has 0 spiro atoms. The first-order chi connectivity index (χ1) is 6.18. The van der Waals surface area contributed by atoms with Gasteiger partial charge in [0.25, 0.3) is 0 Å². The van der Waals surface area contributed by atoms with Gasteiger partial charge in [-0.2, -0.15) is 0 Å². The van der Waals surface area contributed by atoms with E-state index in [1.807, 2.05) is 13.8 Å². The van der Waals surface area contributed by atoms with E-state index in [0.717, 1.165) is 13.0 Å². The van der Waals surface area contributed by atoms with Gasteiger partial charge in [0.05, 0.1) is 13.2 Å². The summed E-state index contributed by atoms with van der Waals surface area (Å²) in [7, 11) is 0. The van der Waals surface area contributed by atoms with E-state index in [2.05, 4.69) is 17.2 Å². The van der Waals surface area contributed by atoms with E-state index in [4.69, 9.17) is 10.2 Å². The summed E-state index contributed by atoms with van der Waals surface area (Å²) < 4.78 is 0. The maximum absolute atomic E-state index is 8.96. The summed E-state index contributed by atoms with van der Waals surface area (Å²) >= 11 is 0. The monoisotopic (exact) mass is 185 g/mol. The summed E-state index contributed by atoms with van der Waals surface area (Å²) in [5, 5.41) is 21.1. The van der Waals surface area contributed by atoms with Crippen molar-refractivity contribution in [3.05, 3.63) is 0 Å². The van der Waals surface area contributed by atoms with Crippen molar-refractivity contribution in [1.29, 1.82) is 0 Å². The number of hydrogen-bond donors (Lipinski definition) is 3. The van der Waals surface area contributed by atoms with Gasteiger partial charge in [0.15, 0.2) is 0 Å². The molecule has 0 aromatic carbocycles. The highest BCUT2D eigenvalue weighted by molar-refractivity contribution is 4.95. The number of hydrogen-bond acceptors (Lipinski definition) is 3. The van der Waals surface area contributed by atoms with Crippen molar-refractivity contribution in [3.8, 4) is 11.8 Å². The van der Waals surface area contributed by atoms with Gasteiger partial charge in [-0.1, -0.05) is 6.92 Å². The third kappa shape index (κ3) is 5.64. The molecule has 0 aromatic heterocycles. The Bertz CT molecular complexity index is 177. The van der Waals surface area contributed by atoms with Gasteiger partial charge in [0.1, 0.15) is 0 Å². The van der Waals surface area contributed by atoms with E-state index in [0.29, 0.717) is 6.54 Å². The Balaban J connectivity index is 3.53. The van der Waals surface area contributed by atoms with Crippen LogP contribution in [0.3, 0.4) is 0 Å². The van der Waals surface area contributed by atoms with Gasteiger partial charge >= 0.3 is 0 Å². The van der Waals surface area contributed by atoms with Crippen molar-refractivity contribution in [3.63, 3.8) is 0 Å². The molecular weight excluding hydrogens is 166 g/mol. The van der Waals surface area contributed by atoms with E-state index in [-0.39, 0.29) is 13.2 Å². The van der Waals surface area contributed by atoms with Gasteiger partial charge in [-0.3, -0.25) is 0 Å². The summed E-state index contributed by atoms with van der Waals surface area (Å²) in [4.78, 5) is 0. The van der Waals surface area contributed by atoms with E-state index < -0.39 is 5.41 Å². The molecule has 0 radical (unpaired) electrons. The van der Waals surface area contributed by atoms with Crippen LogP contribution in [0.4, 0.5) is 0 Å². The molecule has 76 valence electrons. The zero-order chi connectivity index (χ0) is 10.2. The Morgan fingerprint density at radius 3 is 2.38 bits per heavy atom.